The van der Waals surface area contributed by atoms with Gasteiger partial charge in [-0.3, -0.25) is 9.36 Å². The number of hydrogen-bond donors (Lipinski definition) is 1. The third kappa shape index (κ3) is 4.52. The number of fused-ring (bicyclic) bond motifs is 1. The highest BCUT2D eigenvalue weighted by Gasteiger charge is 2.33. The molecule has 34 heavy (non-hydrogen) atoms. The van der Waals surface area contributed by atoms with Crippen molar-refractivity contribution in [1.82, 2.24) is 4.57 Å². The number of thiazole rings is 1. The van der Waals surface area contributed by atoms with Gasteiger partial charge < -0.3 is 9.84 Å². The number of aromatic nitrogens is 1. The Bertz CT molecular complexity index is 1470. The summed E-state index contributed by atoms with van der Waals surface area (Å²) < 4.78 is 7.94. The molecule has 0 aliphatic carbocycles. The summed E-state index contributed by atoms with van der Waals surface area (Å²) in [5.74, 6) is 0.0130. The third-order valence-electron chi connectivity index (χ3n) is 5.71. The third-order valence-corrected chi connectivity index (χ3v) is 7.32. The molecule has 0 bridgehead atoms. The molecule has 1 aliphatic rings. The molecule has 0 spiro atoms. The number of aromatic hydroxyl groups is 1. The van der Waals surface area contributed by atoms with E-state index in [0.29, 0.717) is 31.0 Å². The van der Waals surface area contributed by atoms with Crippen molar-refractivity contribution in [3.63, 3.8) is 0 Å². The van der Waals surface area contributed by atoms with Crippen molar-refractivity contribution in [3.05, 3.63) is 94.6 Å². The molecule has 1 aromatic heterocycles. The van der Waals surface area contributed by atoms with Crippen LogP contribution >= 0.6 is 27.3 Å². The molecule has 0 saturated carbocycles. The number of carbonyl (C=O) groups is 1. The summed E-state index contributed by atoms with van der Waals surface area (Å²) in [6, 6.07) is 12.4. The van der Waals surface area contributed by atoms with Crippen LogP contribution < -0.4 is 14.9 Å². The number of hydrogen-bond acceptors (Lipinski definition) is 6. The predicted molar refractivity (Wildman–Crippen MR) is 137 cm³/mol. The van der Waals surface area contributed by atoms with Crippen molar-refractivity contribution in [2.75, 3.05) is 6.61 Å². The fourth-order valence-corrected chi connectivity index (χ4v) is 5.38. The molecule has 4 rings (SSSR count). The molecule has 1 aliphatic heterocycles. The van der Waals surface area contributed by atoms with Crippen LogP contribution in [-0.2, 0) is 9.53 Å². The molecule has 2 heterocycles. The topological polar surface area (TPSA) is 80.9 Å². The Morgan fingerprint density at radius 3 is 2.59 bits per heavy atom. The highest BCUT2D eigenvalue weighted by molar-refractivity contribution is 9.10. The highest BCUT2D eigenvalue weighted by Crippen LogP contribution is 2.31. The molecule has 0 fully saturated rings. The molecule has 2 aromatic carbocycles. The fraction of sp³-hybridized carbons (Fsp3) is 0.269. The van der Waals surface area contributed by atoms with Crippen molar-refractivity contribution in [2.24, 2.45) is 4.99 Å². The first-order valence-corrected chi connectivity index (χ1v) is 12.6. The molecule has 6 nitrogen and oxygen atoms in total. The van der Waals surface area contributed by atoms with Crippen LogP contribution in [0.5, 0.6) is 5.75 Å². The predicted octanol–water partition coefficient (Wildman–Crippen LogP) is 4.39. The Balaban J connectivity index is 1.93. The van der Waals surface area contributed by atoms with Gasteiger partial charge in [0.1, 0.15) is 5.75 Å². The summed E-state index contributed by atoms with van der Waals surface area (Å²) in [6.45, 7) is 8.00. The lowest BCUT2D eigenvalue weighted by Crippen LogP contribution is -2.39. The number of nitrogens with zero attached hydrogens (tertiary/aromatic N) is 2. The molecule has 3 aromatic rings. The second kappa shape index (κ2) is 9.72. The number of ether oxygens (including phenoxy) is 1. The monoisotopic (exact) mass is 540 g/mol. The van der Waals surface area contributed by atoms with Crippen LogP contribution in [0.4, 0.5) is 0 Å². The Kier molecular flexibility index (Phi) is 6.91. The Hall–Kier alpha value is -2.97. The summed E-state index contributed by atoms with van der Waals surface area (Å²) in [7, 11) is 0. The molecule has 0 amide bonds. The van der Waals surface area contributed by atoms with Gasteiger partial charge in [-0.2, -0.15) is 0 Å². The van der Waals surface area contributed by atoms with Crippen LogP contribution in [0, 0.1) is 0 Å². The molecule has 8 heteroatoms. The molecular weight excluding hydrogens is 516 g/mol. The quantitative estimate of drug-likeness (QED) is 0.486. The van der Waals surface area contributed by atoms with Gasteiger partial charge in [0, 0.05) is 0 Å². The van der Waals surface area contributed by atoms with Crippen molar-refractivity contribution in [2.45, 2.75) is 39.7 Å². The first-order chi connectivity index (χ1) is 16.2. The minimum Gasteiger partial charge on any atom is -0.507 e. The maximum Gasteiger partial charge on any atom is 0.338 e. The van der Waals surface area contributed by atoms with E-state index >= 15 is 0 Å². The molecule has 1 N–H and O–H groups in total. The van der Waals surface area contributed by atoms with E-state index in [2.05, 4.69) is 34.8 Å². The van der Waals surface area contributed by atoms with E-state index in [1.165, 1.54) is 16.9 Å². The zero-order valence-electron chi connectivity index (χ0n) is 19.3. The zero-order chi connectivity index (χ0) is 24.6. The van der Waals surface area contributed by atoms with Gasteiger partial charge >= 0.3 is 5.97 Å². The Morgan fingerprint density at radius 1 is 1.26 bits per heavy atom. The number of halogens is 1. The Morgan fingerprint density at radius 2 is 1.97 bits per heavy atom. The average Bonchev–Trinajstić information content (AvgIpc) is 3.10. The summed E-state index contributed by atoms with van der Waals surface area (Å²) in [5.41, 5.74) is 3.42. The maximum absolute atomic E-state index is 13.6. The number of phenolic OH excluding ortho intramolecular Hbond substituents is 1. The van der Waals surface area contributed by atoms with Gasteiger partial charge in [-0.1, -0.05) is 55.5 Å². The highest BCUT2D eigenvalue weighted by atomic mass is 79.9. The lowest BCUT2D eigenvalue weighted by atomic mass is 9.93. The van der Waals surface area contributed by atoms with Crippen LogP contribution in [0.25, 0.3) is 6.08 Å². The van der Waals surface area contributed by atoms with Crippen LogP contribution in [0.3, 0.4) is 0 Å². The number of allylic oxidation sites excluding steroid dienone is 1. The van der Waals surface area contributed by atoms with Gasteiger partial charge in [-0.15, -0.1) is 0 Å². The molecule has 176 valence electrons. The minimum absolute atomic E-state index is 0.123. The smallest absolute Gasteiger partial charge is 0.338 e. The normalized spacial score (nSPS) is 15.9. The molecule has 0 saturated heterocycles. The standard InChI is InChI=1S/C26H25BrN2O4S/c1-5-33-25(32)22-15(4)28-26-29(23(22)18-9-7-17(8-10-18)14(2)3)24(31)21(34-26)13-16-6-11-20(30)19(27)12-16/h6-14,23,30H,5H2,1-4H3/b21-13-/t23-/m0/s1. The van der Waals surface area contributed by atoms with Crippen molar-refractivity contribution < 1.29 is 14.6 Å². The number of esters is 1. The lowest BCUT2D eigenvalue weighted by Gasteiger charge is -2.25. The van der Waals surface area contributed by atoms with E-state index in [1.54, 1.807) is 42.7 Å². The van der Waals surface area contributed by atoms with Gasteiger partial charge in [0.25, 0.3) is 5.56 Å². The molecular formula is C26H25BrN2O4S. The molecule has 1 atom stereocenters. The fourth-order valence-electron chi connectivity index (χ4n) is 3.93. The van der Waals surface area contributed by atoms with E-state index in [9.17, 15) is 14.7 Å². The lowest BCUT2D eigenvalue weighted by molar-refractivity contribution is -0.139. The number of rotatable bonds is 5. The largest absolute Gasteiger partial charge is 0.507 e. The zero-order valence-corrected chi connectivity index (χ0v) is 21.7. The first kappa shape index (κ1) is 24.2. The minimum atomic E-state index is -0.634. The summed E-state index contributed by atoms with van der Waals surface area (Å²) >= 11 is 4.58. The second-order valence-corrected chi connectivity index (χ2v) is 10.2. The van der Waals surface area contributed by atoms with Crippen molar-refractivity contribution in [1.29, 1.82) is 0 Å². The van der Waals surface area contributed by atoms with Crippen LogP contribution in [0.2, 0.25) is 0 Å². The number of phenols is 1. The maximum atomic E-state index is 13.6. The van der Waals surface area contributed by atoms with E-state index in [-0.39, 0.29) is 17.9 Å². The number of benzene rings is 2. The Labute approximate surface area is 209 Å². The van der Waals surface area contributed by atoms with Crippen LogP contribution in [-0.4, -0.2) is 22.2 Å². The molecule has 0 unspecified atom stereocenters. The SMILES string of the molecule is CCOC(=O)C1=C(C)N=c2s/c(=C\c3ccc(O)c(Br)c3)c(=O)n2[C@H]1c1ccc(C(C)C)cc1. The van der Waals surface area contributed by atoms with Gasteiger partial charge in [0.2, 0.25) is 0 Å². The van der Waals surface area contributed by atoms with Gasteiger partial charge in [-0.05, 0) is 70.6 Å². The van der Waals surface area contributed by atoms with Gasteiger partial charge in [-0.25, -0.2) is 9.79 Å². The van der Waals surface area contributed by atoms with E-state index in [4.69, 9.17) is 4.74 Å². The van der Waals surface area contributed by atoms with Gasteiger partial charge in [0.05, 0.1) is 32.9 Å². The van der Waals surface area contributed by atoms with Gasteiger partial charge in [0.15, 0.2) is 4.80 Å². The summed E-state index contributed by atoms with van der Waals surface area (Å²) in [4.78, 5) is 31.7. The van der Waals surface area contributed by atoms with E-state index in [0.717, 1.165) is 11.1 Å². The van der Waals surface area contributed by atoms with Crippen molar-refractivity contribution >= 4 is 39.3 Å². The summed E-state index contributed by atoms with van der Waals surface area (Å²) in [6.07, 6.45) is 1.76. The second-order valence-electron chi connectivity index (χ2n) is 8.33. The van der Waals surface area contributed by atoms with Crippen LogP contribution in [0.15, 0.2) is 68.0 Å². The average molecular weight is 541 g/mol. The number of carbonyl (C=O) groups excluding carboxylic acids is 1. The van der Waals surface area contributed by atoms with E-state index < -0.39 is 12.0 Å². The van der Waals surface area contributed by atoms with Crippen LogP contribution in [0.1, 0.15) is 56.3 Å². The van der Waals surface area contributed by atoms with E-state index in [1.807, 2.05) is 24.3 Å². The van der Waals surface area contributed by atoms with Crippen molar-refractivity contribution in [3.8, 4) is 5.75 Å². The summed E-state index contributed by atoms with van der Waals surface area (Å²) in [5, 5.41) is 9.78. The first-order valence-electron chi connectivity index (χ1n) is 11.0. The molecule has 0 radical (unpaired) electrons.